The van der Waals surface area contributed by atoms with Crippen LogP contribution in [0.25, 0.3) is 0 Å². The number of nitrogens with zero attached hydrogens (tertiary/aromatic N) is 1. The zero-order chi connectivity index (χ0) is 15.1. The molecular weight excluding hydrogens is 269 g/mol. The summed E-state index contributed by atoms with van der Waals surface area (Å²) in [6, 6.07) is -0.137. The zero-order valence-corrected chi connectivity index (χ0v) is 13.3. The number of nitrogens with one attached hydrogen (secondary N) is 2. The number of carbonyl (C=O) groups is 1. The summed E-state index contributed by atoms with van der Waals surface area (Å²) < 4.78 is 14.8. The Labute approximate surface area is 127 Å². The van der Waals surface area contributed by atoms with E-state index in [2.05, 4.69) is 10.6 Å². The van der Waals surface area contributed by atoms with Crippen molar-refractivity contribution in [3.8, 4) is 0 Å². The van der Waals surface area contributed by atoms with Crippen molar-refractivity contribution >= 4 is 6.03 Å². The summed E-state index contributed by atoms with van der Waals surface area (Å²) in [4.78, 5) is 14.2. The van der Waals surface area contributed by atoms with Crippen LogP contribution in [0.5, 0.6) is 0 Å². The van der Waals surface area contributed by atoms with Gasteiger partial charge in [-0.1, -0.05) is 19.3 Å². The fourth-order valence-corrected chi connectivity index (χ4v) is 3.61. The van der Waals surface area contributed by atoms with E-state index in [0.717, 1.165) is 45.2 Å². The molecule has 2 N–H and O–H groups in total. The number of likely N-dealkylation sites (tertiary alicyclic amines) is 1. The van der Waals surface area contributed by atoms with E-state index in [9.17, 15) is 9.18 Å². The maximum Gasteiger partial charge on any atom is 0.317 e. The summed E-state index contributed by atoms with van der Waals surface area (Å²) in [5, 5.41) is 6.13. The summed E-state index contributed by atoms with van der Waals surface area (Å²) in [5.41, 5.74) is -1.09. The summed E-state index contributed by atoms with van der Waals surface area (Å²) in [5.74, 6) is 0. The first-order valence-corrected chi connectivity index (χ1v) is 8.52. The molecule has 5 heteroatoms. The van der Waals surface area contributed by atoms with Crippen LogP contribution in [0.4, 0.5) is 9.18 Å². The third-order valence-electron chi connectivity index (χ3n) is 4.78. The number of hydrogen-bond acceptors (Lipinski definition) is 2. The quantitative estimate of drug-likeness (QED) is 0.820. The molecule has 2 fully saturated rings. The van der Waals surface area contributed by atoms with Crippen molar-refractivity contribution in [2.45, 2.75) is 69.5 Å². The van der Waals surface area contributed by atoms with E-state index in [1.165, 1.54) is 6.42 Å². The predicted octanol–water partition coefficient (Wildman–Crippen LogP) is 2.83. The molecule has 1 aliphatic carbocycles. The molecule has 0 bridgehead atoms. The smallest absolute Gasteiger partial charge is 0.317 e. The van der Waals surface area contributed by atoms with Crippen LogP contribution < -0.4 is 10.6 Å². The van der Waals surface area contributed by atoms with E-state index in [-0.39, 0.29) is 12.1 Å². The van der Waals surface area contributed by atoms with E-state index >= 15 is 0 Å². The molecule has 1 atom stereocenters. The van der Waals surface area contributed by atoms with E-state index in [4.69, 9.17) is 0 Å². The van der Waals surface area contributed by atoms with Gasteiger partial charge in [0.2, 0.25) is 0 Å². The lowest BCUT2D eigenvalue weighted by Gasteiger charge is -2.35. The van der Waals surface area contributed by atoms with Gasteiger partial charge >= 0.3 is 6.03 Å². The second-order valence-electron chi connectivity index (χ2n) is 6.67. The largest absolute Gasteiger partial charge is 0.334 e. The Kier molecular flexibility index (Phi) is 6.27. The minimum absolute atomic E-state index is 0.0191. The molecule has 1 saturated heterocycles. The van der Waals surface area contributed by atoms with Crippen LogP contribution in [-0.2, 0) is 0 Å². The number of halogens is 1. The van der Waals surface area contributed by atoms with Crippen molar-refractivity contribution in [1.29, 1.82) is 0 Å². The van der Waals surface area contributed by atoms with Gasteiger partial charge in [0.05, 0.1) is 0 Å². The third-order valence-corrected chi connectivity index (χ3v) is 4.78. The van der Waals surface area contributed by atoms with Crippen molar-refractivity contribution in [2.24, 2.45) is 0 Å². The van der Waals surface area contributed by atoms with E-state index in [1.54, 1.807) is 0 Å². The monoisotopic (exact) mass is 299 g/mol. The number of likely N-dealkylation sites (N-methyl/N-ethyl adjacent to an activating group) is 1. The summed E-state index contributed by atoms with van der Waals surface area (Å²) in [6.07, 6.45) is 8.19. The van der Waals surface area contributed by atoms with E-state index in [0.29, 0.717) is 25.8 Å². The molecule has 122 valence electrons. The number of piperidine rings is 1. The minimum Gasteiger partial charge on any atom is -0.334 e. The second-order valence-corrected chi connectivity index (χ2v) is 6.67. The average Bonchev–Trinajstić information content (AvgIpc) is 2.48. The number of hydrogen-bond donors (Lipinski definition) is 2. The van der Waals surface area contributed by atoms with E-state index < -0.39 is 5.67 Å². The summed E-state index contributed by atoms with van der Waals surface area (Å²) in [6.45, 7) is 2.29. The first-order chi connectivity index (χ1) is 10.1. The normalized spacial score (nSPS) is 23.6. The van der Waals surface area contributed by atoms with Crippen molar-refractivity contribution < 1.29 is 9.18 Å². The van der Waals surface area contributed by atoms with Gasteiger partial charge in [0, 0.05) is 32.1 Å². The van der Waals surface area contributed by atoms with Crippen molar-refractivity contribution in [3.63, 3.8) is 0 Å². The van der Waals surface area contributed by atoms with Gasteiger partial charge in [0.15, 0.2) is 0 Å². The highest BCUT2D eigenvalue weighted by Gasteiger charge is 2.35. The van der Waals surface area contributed by atoms with Gasteiger partial charge in [-0.05, 0) is 39.2 Å². The fourth-order valence-electron chi connectivity index (χ4n) is 3.61. The van der Waals surface area contributed by atoms with Crippen LogP contribution in [0.1, 0.15) is 57.8 Å². The fraction of sp³-hybridized carbons (Fsp3) is 0.938. The maximum absolute atomic E-state index is 14.8. The highest BCUT2D eigenvalue weighted by atomic mass is 19.1. The highest BCUT2D eigenvalue weighted by Crippen LogP contribution is 2.35. The van der Waals surface area contributed by atoms with Gasteiger partial charge in [-0.15, -0.1) is 0 Å². The Morgan fingerprint density at radius 3 is 2.38 bits per heavy atom. The van der Waals surface area contributed by atoms with Gasteiger partial charge in [0.1, 0.15) is 5.67 Å². The molecule has 21 heavy (non-hydrogen) atoms. The van der Waals surface area contributed by atoms with Crippen LogP contribution in [0.15, 0.2) is 0 Å². The van der Waals surface area contributed by atoms with Gasteiger partial charge < -0.3 is 15.5 Å². The number of amides is 2. The molecule has 0 aromatic carbocycles. The molecule has 2 amide bonds. The van der Waals surface area contributed by atoms with Gasteiger partial charge in [0.25, 0.3) is 0 Å². The highest BCUT2D eigenvalue weighted by molar-refractivity contribution is 5.74. The number of carbonyl (C=O) groups excluding carboxylic acids is 1. The molecule has 1 saturated carbocycles. The second kappa shape index (κ2) is 7.97. The first kappa shape index (κ1) is 16.5. The van der Waals surface area contributed by atoms with Gasteiger partial charge in [-0.3, -0.25) is 0 Å². The Balaban J connectivity index is 1.86. The number of urea groups is 1. The van der Waals surface area contributed by atoms with Crippen molar-refractivity contribution in [3.05, 3.63) is 0 Å². The van der Waals surface area contributed by atoms with Crippen molar-refractivity contribution in [1.82, 2.24) is 15.5 Å². The van der Waals surface area contributed by atoms with Crippen LogP contribution in [0.2, 0.25) is 0 Å². The first-order valence-electron chi connectivity index (χ1n) is 8.52. The Morgan fingerprint density at radius 1 is 1.14 bits per heavy atom. The Bertz CT molecular complexity index is 325. The van der Waals surface area contributed by atoms with Gasteiger partial charge in [-0.25, -0.2) is 9.18 Å². The van der Waals surface area contributed by atoms with Crippen LogP contribution in [0, 0.1) is 0 Å². The number of alkyl halides is 1. The molecule has 2 rings (SSSR count). The Morgan fingerprint density at radius 2 is 1.76 bits per heavy atom. The van der Waals surface area contributed by atoms with Crippen LogP contribution in [-0.4, -0.2) is 49.3 Å². The molecule has 0 aromatic heterocycles. The maximum atomic E-state index is 14.8. The molecule has 2 aliphatic rings. The molecule has 1 heterocycles. The predicted molar refractivity (Wildman–Crippen MR) is 83.2 cm³/mol. The summed E-state index contributed by atoms with van der Waals surface area (Å²) >= 11 is 0. The molecule has 1 aliphatic heterocycles. The van der Waals surface area contributed by atoms with E-state index in [1.807, 2.05) is 11.9 Å². The average molecular weight is 299 g/mol. The summed E-state index contributed by atoms with van der Waals surface area (Å²) in [7, 11) is 1.85. The zero-order valence-electron chi connectivity index (χ0n) is 13.3. The molecule has 0 unspecified atom stereocenters. The Hall–Kier alpha value is -0.840. The molecule has 0 spiro atoms. The SMILES string of the molecule is CNC[C@@H](CC1(F)CCCCC1)NC(=O)N1CCCCC1. The molecular formula is C16H30FN3O. The standard InChI is InChI=1S/C16H30FN3O/c1-18-13-14(12-16(17)8-4-2-5-9-16)19-15(21)20-10-6-3-7-11-20/h14,18H,2-13H2,1H3,(H,19,21)/t14-/m1/s1. The van der Waals surface area contributed by atoms with Crippen LogP contribution in [0.3, 0.4) is 0 Å². The lowest BCUT2D eigenvalue weighted by Crippen LogP contribution is -2.51. The number of rotatable bonds is 5. The lowest BCUT2D eigenvalue weighted by atomic mass is 9.82. The minimum atomic E-state index is -1.09. The van der Waals surface area contributed by atoms with Gasteiger partial charge in [-0.2, -0.15) is 0 Å². The van der Waals surface area contributed by atoms with Crippen molar-refractivity contribution in [2.75, 3.05) is 26.7 Å². The molecule has 0 aromatic rings. The molecule has 4 nitrogen and oxygen atoms in total. The topological polar surface area (TPSA) is 44.4 Å². The lowest BCUT2D eigenvalue weighted by molar-refractivity contribution is 0.0824. The molecule has 0 radical (unpaired) electrons. The third kappa shape index (κ3) is 5.13. The van der Waals surface area contributed by atoms with Crippen LogP contribution >= 0.6 is 0 Å².